The van der Waals surface area contributed by atoms with Gasteiger partial charge in [-0.3, -0.25) is 0 Å². The molecule has 0 bridgehead atoms. The summed E-state index contributed by atoms with van der Waals surface area (Å²) in [7, 11) is 2.03. The van der Waals surface area contributed by atoms with Gasteiger partial charge >= 0.3 is 0 Å². The first-order valence-electron chi connectivity index (χ1n) is 6.78. The molecule has 20 heavy (non-hydrogen) atoms. The second kappa shape index (κ2) is 4.45. The lowest BCUT2D eigenvalue weighted by Crippen LogP contribution is -1.99. The molecule has 1 saturated heterocycles. The van der Waals surface area contributed by atoms with Gasteiger partial charge in [-0.25, -0.2) is 0 Å². The number of rotatable bonds is 2. The van der Waals surface area contributed by atoms with Crippen LogP contribution in [0, 0.1) is 0 Å². The highest BCUT2D eigenvalue weighted by Gasteiger charge is 2.23. The molecule has 0 saturated carbocycles. The summed E-state index contributed by atoms with van der Waals surface area (Å²) in [6, 6.07) is 8.27. The highest BCUT2D eigenvalue weighted by molar-refractivity contribution is 5.84. The molecule has 5 nitrogen and oxygen atoms in total. The van der Waals surface area contributed by atoms with E-state index in [1.807, 2.05) is 19.3 Å². The molecule has 3 aromatic rings. The van der Waals surface area contributed by atoms with E-state index in [2.05, 4.69) is 32.9 Å². The van der Waals surface area contributed by atoms with Crippen LogP contribution in [0.3, 0.4) is 0 Å². The van der Waals surface area contributed by atoms with Crippen LogP contribution in [0.2, 0.25) is 0 Å². The van der Waals surface area contributed by atoms with Gasteiger partial charge in [0.2, 0.25) is 0 Å². The van der Waals surface area contributed by atoms with Crippen molar-refractivity contribution in [3.05, 3.63) is 36.3 Å². The minimum Gasteiger partial charge on any atom is -0.381 e. The summed E-state index contributed by atoms with van der Waals surface area (Å²) in [5.74, 6) is 1.60. The Kier molecular flexibility index (Phi) is 2.60. The van der Waals surface area contributed by atoms with Crippen molar-refractivity contribution in [2.75, 3.05) is 13.2 Å². The van der Waals surface area contributed by atoms with E-state index in [1.54, 1.807) is 0 Å². The summed E-state index contributed by atoms with van der Waals surface area (Å²) in [6.45, 7) is 1.47. The highest BCUT2D eigenvalue weighted by Crippen LogP contribution is 2.27. The van der Waals surface area contributed by atoms with Gasteiger partial charge in [-0.2, -0.15) is 4.98 Å². The molecule has 1 aliphatic rings. The van der Waals surface area contributed by atoms with Crippen molar-refractivity contribution >= 4 is 10.9 Å². The quantitative estimate of drug-likeness (QED) is 0.717. The molecule has 1 aromatic carbocycles. The third-order valence-corrected chi connectivity index (χ3v) is 3.87. The van der Waals surface area contributed by atoms with Crippen molar-refractivity contribution in [3.8, 4) is 11.5 Å². The van der Waals surface area contributed by atoms with E-state index in [0.29, 0.717) is 12.5 Å². The lowest BCUT2D eigenvalue weighted by atomic mass is 10.1. The lowest BCUT2D eigenvalue weighted by Gasteiger charge is -1.99. The molecule has 4 rings (SSSR count). The fourth-order valence-corrected chi connectivity index (χ4v) is 2.65. The topological polar surface area (TPSA) is 53.1 Å². The average molecular weight is 269 g/mol. The Morgan fingerprint density at radius 2 is 2.25 bits per heavy atom. The molecule has 0 unspecified atom stereocenters. The van der Waals surface area contributed by atoms with Gasteiger partial charge in [-0.15, -0.1) is 0 Å². The van der Waals surface area contributed by atoms with Gasteiger partial charge in [0.25, 0.3) is 5.89 Å². The van der Waals surface area contributed by atoms with E-state index < -0.39 is 0 Å². The number of nitrogens with zero attached hydrogens (tertiary/aromatic N) is 3. The Morgan fingerprint density at radius 3 is 3.10 bits per heavy atom. The number of aryl methyl sites for hydroxylation is 1. The molecule has 1 atom stereocenters. The Bertz CT molecular complexity index is 753. The summed E-state index contributed by atoms with van der Waals surface area (Å²) >= 11 is 0. The summed E-state index contributed by atoms with van der Waals surface area (Å²) in [5, 5.41) is 5.30. The maximum absolute atomic E-state index is 5.40. The number of fused-ring (bicyclic) bond motifs is 1. The molecule has 3 heterocycles. The van der Waals surface area contributed by atoms with Gasteiger partial charge in [0.05, 0.1) is 6.61 Å². The van der Waals surface area contributed by atoms with Crippen molar-refractivity contribution < 1.29 is 9.26 Å². The molecule has 0 amide bonds. The summed E-state index contributed by atoms with van der Waals surface area (Å²) < 4.78 is 12.9. The molecule has 102 valence electrons. The molecule has 0 aliphatic carbocycles. The number of hydrogen-bond donors (Lipinski definition) is 0. The fourth-order valence-electron chi connectivity index (χ4n) is 2.65. The molecular formula is C15H15N3O2. The van der Waals surface area contributed by atoms with Crippen LogP contribution in [0.25, 0.3) is 22.4 Å². The fraction of sp³-hybridized carbons (Fsp3) is 0.333. The smallest absolute Gasteiger partial charge is 0.258 e. The molecular weight excluding hydrogens is 254 g/mol. The van der Waals surface area contributed by atoms with Crippen molar-refractivity contribution in [3.63, 3.8) is 0 Å². The highest BCUT2D eigenvalue weighted by atomic mass is 16.5. The average Bonchev–Trinajstić information content (AvgIpc) is 3.18. The van der Waals surface area contributed by atoms with E-state index in [-0.39, 0.29) is 5.92 Å². The van der Waals surface area contributed by atoms with Crippen molar-refractivity contribution in [1.82, 2.24) is 14.7 Å². The zero-order valence-corrected chi connectivity index (χ0v) is 11.2. The Balaban J connectivity index is 1.72. The van der Waals surface area contributed by atoms with Gasteiger partial charge in [0.15, 0.2) is 5.82 Å². The lowest BCUT2D eigenvalue weighted by molar-refractivity contribution is 0.192. The molecule has 0 radical (unpaired) electrons. The predicted octanol–water partition coefficient (Wildman–Crippen LogP) is 2.73. The van der Waals surface area contributed by atoms with Crippen molar-refractivity contribution in [1.29, 1.82) is 0 Å². The molecule has 0 spiro atoms. The summed E-state index contributed by atoms with van der Waals surface area (Å²) in [4.78, 5) is 4.52. The van der Waals surface area contributed by atoms with Crippen molar-refractivity contribution in [2.45, 2.75) is 12.3 Å². The van der Waals surface area contributed by atoms with Crippen LogP contribution in [-0.4, -0.2) is 27.9 Å². The first kappa shape index (κ1) is 11.7. The Hall–Kier alpha value is -2.14. The van der Waals surface area contributed by atoms with Gasteiger partial charge in [0, 0.05) is 36.8 Å². The summed E-state index contributed by atoms with van der Waals surface area (Å²) in [6.07, 6.45) is 3.01. The van der Waals surface area contributed by atoms with Crippen LogP contribution in [-0.2, 0) is 11.8 Å². The maximum atomic E-state index is 5.40. The number of aromatic nitrogens is 3. The second-order valence-corrected chi connectivity index (χ2v) is 5.22. The Labute approximate surface area is 116 Å². The molecule has 5 heteroatoms. The van der Waals surface area contributed by atoms with Gasteiger partial charge in [-0.05, 0) is 30.0 Å². The van der Waals surface area contributed by atoms with E-state index in [4.69, 9.17) is 9.26 Å². The molecule has 0 N–H and O–H groups in total. The van der Waals surface area contributed by atoms with Crippen LogP contribution in [0.1, 0.15) is 18.2 Å². The number of benzene rings is 1. The van der Waals surface area contributed by atoms with E-state index in [1.165, 1.54) is 5.39 Å². The predicted molar refractivity (Wildman–Crippen MR) is 74.4 cm³/mol. The van der Waals surface area contributed by atoms with Crippen LogP contribution < -0.4 is 0 Å². The SMILES string of the molecule is Cn1ccc2ccc(-c3nc([C@@H]4CCOC4)no3)cc21. The summed E-state index contributed by atoms with van der Waals surface area (Å²) in [5.41, 5.74) is 2.11. The van der Waals surface area contributed by atoms with Gasteiger partial charge in [0.1, 0.15) is 0 Å². The Morgan fingerprint density at radius 1 is 1.30 bits per heavy atom. The van der Waals surface area contributed by atoms with E-state index in [0.717, 1.165) is 29.9 Å². The van der Waals surface area contributed by atoms with Crippen LogP contribution in [0.4, 0.5) is 0 Å². The maximum Gasteiger partial charge on any atom is 0.258 e. The zero-order valence-electron chi connectivity index (χ0n) is 11.2. The first-order chi connectivity index (χ1) is 9.81. The standard InChI is InChI=1S/C15H15N3O2/c1-18-6-4-10-2-3-11(8-13(10)18)15-16-14(17-20-15)12-5-7-19-9-12/h2-4,6,8,12H,5,7,9H2,1H3/t12-/m1/s1. The third-order valence-electron chi connectivity index (χ3n) is 3.87. The largest absolute Gasteiger partial charge is 0.381 e. The minimum atomic E-state index is 0.270. The number of hydrogen-bond acceptors (Lipinski definition) is 4. The van der Waals surface area contributed by atoms with Crippen LogP contribution in [0.15, 0.2) is 35.0 Å². The zero-order chi connectivity index (χ0) is 13.5. The van der Waals surface area contributed by atoms with Crippen LogP contribution >= 0.6 is 0 Å². The first-order valence-corrected chi connectivity index (χ1v) is 6.78. The van der Waals surface area contributed by atoms with E-state index >= 15 is 0 Å². The molecule has 1 fully saturated rings. The van der Waals surface area contributed by atoms with Gasteiger partial charge < -0.3 is 13.8 Å². The number of ether oxygens (including phenoxy) is 1. The third kappa shape index (κ3) is 1.82. The molecule has 2 aromatic heterocycles. The molecule has 1 aliphatic heterocycles. The van der Waals surface area contributed by atoms with Crippen LogP contribution in [0.5, 0.6) is 0 Å². The normalized spacial score (nSPS) is 18.9. The van der Waals surface area contributed by atoms with E-state index in [9.17, 15) is 0 Å². The monoisotopic (exact) mass is 269 g/mol. The van der Waals surface area contributed by atoms with Crippen molar-refractivity contribution in [2.24, 2.45) is 7.05 Å². The minimum absolute atomic E-state index is 0.270. The second-order valence-electron chi connectivity index (χ2n) is 5.22. The van der Waals surface area contributed by atoms with Gasteiger partial charge in [-0.1, -0.05) is 11.2 Å².